The van der Waals surface area contributed by atoms with E-state index in [1.807, 2.05) is 57.2 Å². The van der Waals surface area contributed by atoms with Gasteiger partial charge in [-0.05, 0) is 33.3 Å². The van der Waals surface area contributed by atoms with Crippen molar-refractivity contribution >= 4 is 6.09 Å². The third kappa shape index (κ3) is 6.50. The summed E-state index contributed by atoms with van der Waals surface area (Å²) in [7, 11) is 0. The second kappa shape index (κ2) is 10.00. The molecule has 1 aromatic rings. The maximum atomic E-state index is 11.7. The number of alkyl carbamates (subject to hydrolysis) is 1. The number of amides is 1. The molecule has 0 saturated carbocycles. The van der Waals surface area contributed by atoms with E-state index in [2.05, 4.69) is 11.9 Å². The van der Waals surface area contributed by atoms with E-state index in [-0.39, 0.29) is 18.3 Å². The topological polar surface area (TPSA) is 75.3 Å². The highest BCUT2D eigenvalue weighted by molar-refractivity contribution is 5.67. The quantitative estimate of drug-likeness (QED) is 0.529. The van der Waals surface area contributed by atoms with Gasteiger partial charge < -0.3 is 29.0 Å². The average Bonchev–Trinajstić information content (AvgIpc) is 2.70. The van der Waals surface area contributed by atoms with E-state index in [1.165, 1.54) is 0 Å². The van der Waals surface area contributed by atoms with Gasteiger partial charge in [0.1, 0.15) is 17.8 Å². The Morgan fingerprint density at radius 3 is 2.77 bits per heavy atom. The van der Waals surface area contributed by atoms with E-state index in [4.69, 9.17) is 23.7 Å². The van der Waals surface area contributed by atoms with Gasteiger partial charge in [-0.25, -0.2) is 4.79 Å². The number of fused-ring (bicyclic) bond motifs is 1. The Bertz CT molecular complexity index is 742. The molecular formula is C23H31NO6. The van der Waals surface area contributed by atoms with Crippen molar-refractivity contribution in [3.05, 3.63) is 60.6 Å². The van der Waals surface area contributed by atoms with Crippen molar-refractivity contribution in [1.29, 1.82) is 0 Å². The van der Waals surface area contributed by atoms with Crippen LogP contribution < -0.4 is 5.32 Å². The van der Waals surface area contributed by atoms with Gasteiger partial charge in [0.2, 0.25) is 0 Å². The van der Waals surface area contributed by atoms with E-state index in [1.54, 1.807) is 6.26 Å². The Morgan fingerprint density at radius 2 is 2.03 bits per heavy atom. The summed E-state index contributed by atoms with van der Waals surface area (Å²) in [6.45, 7) is 10.4. The van der Waals surface area contributed by atoms with Crippen molar-refractivity contribution in [2.45, 2.75) is 63.8 Å². The molecule has 7 heteroatoms. The number of carbonyl (C=O) groups excluding carboxylic acids is 1. The minimum Gasteiger partial charge on any atom is -0.493 e. The molecule has 2 aliphatic rings. The first-order chi connectivity index (χ1) is 14.3. The molecule has 4 atom stereocenters. The second-order valence-corrected chi connectivity index (χ2v) is 8.33. The molecule has 0 bridgehead atoms. The molecular weight excluding hydrogens is 386 g/mol. The SMILES string of the molecule is C=C(CCCNC(=O)OC(C)(C)C)O[C@H]1C=CO[C@@H]2CO[C@@H](c3ccccc3)O[C@@H]12. The number of allylic oxidation sites excluding steroid dienone is 1. The Labute approximate surface area is 178 Å². The van der Waals surface area contributed by atoms with Crippen LogP contribution >= 0.6 is 0 Å². The Hall–Kier alpha value is -2.51. The number of rotatable bonds is 7. The van der Waals surface area contributed by atoms with Crippen LogP contribution in [0.4, 0.5) is 4.79 Å². The number of ether oxygens (including phenoxy) is 5. The molecule has 0 aliphatic carbocycles. The molecule has 1 saturated heterocycles. The Balaban J connectivity index is 1.45. The maximum absolute atomic E-state index is 11.7. The van der Waals surface area contributed by atoms with Gasteiger partial charge in [0.15, 0.2) is 12.4 Å². The van der Waals surface area contributed by atoms with E-state index in [0.29, 0.717) is 31.8 Å². The lowest BCUT2D eigenvalue weighted by atomic mass is 10.0. The molecule has 2 aliphatic heterocycles. The normalized spacial score (nSPS) is 25.6. The molecule has 2 heterocycles. The fourth-order valence-corrected chi connectivity index (χ4v) is 3.22. The predicted molar refractivity (Wildman–Crippen MR) is 112 cm³/mol. The van der Waals surface area contributed by atoms with Crippen LogP contribution in [0.3, 0.4) is 0 Å². The maximum Gasteiger partial charge on any atom is 0.407 e. The zero-order chi connectivity index (χ0) is 21.6. The van der Waals surface area contributed by atoms with Gasteiger partial charge >= 0.3 is 6.09 Å². The fraction of sp³-hybridized carbons (Fsp3) is 0.522. The first-order valence-corrected chi connectivity index (χ1v) is 10.3. The van der Waals surface area contributed by atoms with Crippen molar-refractivity contribution in [3.63, 3.8) is 0 Å². The van der Waals surface area contributed by atoms with E-state index < -0.39 is 18.0 Å². The van der Waals surface area contributed by atoms with Crippen LogP contribution in [0.15, 0.2) is 55.0 Å². The van der Waals surface area contributed by atoms with Gasteiger partial charge in [0, 0.05) is 18.5 Å². The summed E-state index contributed by atoms with van der Waals surface area (Å²) in [5.41, 5.74) is 0.445. The van der Waals surface area contributed by atoms with Gasteiger partial charge in [0.25, 0.3) is 0 Å². The molecule has 1 amide bonds. The summed E-state index contributed by atoms with van der Waals surface area (Å²) in [6.07, 6.45) is 3.02. The van der Waals surface area contributed by atoms with Crippen LogP contribution in [-0.2, 0) is 23.7 Å². The smallest absolute Gasteiger partial charge is 0.407 e. The van der Waals surface area contributed by atoms with Crippen molar-refractivity contribution < 1.29 is 28.5 Å². The van der Waals surface area contributed by atoms with Crippen LogP contribution in [-0.4, -0.2) is 43.2 Å². The minimum absolute atomic E-state index is 0.235. The summed E-state index contributed by atoms with van der Waals surface area (Å²) in [5.74, 6) is 0.627. The van der Waals surface area contributed by atoms with Crippen molar-refractivity contribution in [2.24, 2.45) is 0 Å². The highest BCUT2D eigenvalue weighted by Gasteiger charge is 2.41. The molecule has 164 valence electrons. The summed E-state index contributed by atoms with van der Waals surface area (Å²) in [6, 6.07) is 9.79. The second-order valence-electron chi connectivity index (χ2n) is 8.33. The largest absolute Gasteiger partial charge is 0.493 e. The summed E-state index contributed by atoms with van der Waals surface area (Å²) in [4.78, 5) is 11.7. The van der Waals surface area contributed by atoms with Crippen LogP contribution in [0.5, 0.6) is 0 Å². The summed E-state index contributed by atoms with van der Waals surface area (Å²) >= 11 is 0. The third-order valence-corrected chi connectivity index (χ3v) is 4.58. The van der Waals surface area contributed by atoms with Gasteiger partial charge in [-0.1, -0.05) is 36.9 Å². The first kappa shape index (κ1) is 22.2. The highest BCUT2D eigenvalue weighted by atomic mass is 16.7. The van der Waals surface area contributed by atoms with Gasteiger partial charge in [-0.2, -0.15) is 0 Å². The molecule has 1 N–H and O–H groups in total. The van der Waals surface area contributed by atoms with Gasteiger partial charge in [-0.3, -0.25) is 0 Å². The Morgan fingerprint density at radius 1 is 1.27 bits per heavy atom. The molecule has 3 rings (SSSR count). The zero-order valence-corrected chi connectivity index (χ0v) is 17.8. The zero-order valence-electron chi connectivity index (χ0n) is 17.8. The summed E-state index contributed by atoms with van der Waals surface area (Å²) in [5, 5.41) is 2.73. The molecule has 0 unspecified atom stereocenters. The van der Waals surface area contributed by atoms with Crippen LogP contribution in [0.25, 0.3) is 0 Å². The number of hydrogen-bond acceptors (Lipinski definition) is 6. The molecule has 0 aromatic heterocycles. The lowest BCUT2D eigenvalue weighted by molar-refractivity contribution is -0.277. The van der Waals surface area contributed by atoms with E-state index in [0.717, 1.165) is 5.56 Å². The van der Waals surface area contributed by atoms with E-state index >= 15 is 0 Å². The first-order valence-electron chi connectivity index (χ1n) is 10.3. The van der Waals surface area contributed by atoms with Crippen molar-refractivity contribution in [2.75, 3.05) is 13.2 Å². The number of carbonyl (C=O) groups is 1. The van der Waals surface area contributed by atoms with Crippen molar-refractivity contribution in [1.82, 2.24) is 5.32 Å². The lowest BCUT2D eigenvalue weighted by Gasteiger charge is -2.41. The average molecular weight is 418 g/mol. The third-order valence-electron chi connectivity index (χ3n) is 4.58. The van der Waals surface area contributed by atoms with Crippen LogP contribution in [0.1, 0.15) is 45.5 Å². The number of benzene rings is 1. The molecule has 30 heavy (non-hydrogen) atoms. The molecule has 7 nitrogen and oxygen atoms in total. The minimum atomic E-state index is -0.510. The van der Waals surface area contributed by atoms with Gasteiger partial charge in [0.05, 0.1) is 18.6 Å². The molecule has 1 fully saturated rings. The standard InChI is InChI=1S/C23H31NO6/c1-16(9-8-13-24-22(25)30-23(2,3)4)28-18-12-14-26-19-15-27-21(29-20(18)19)17-10-6-5-7-11-17/h5-7,10-12,14,18-21H,1,8-9,13,15H2,2-4H3,(H,24,25)/t18-,19+,20-,21+/m0/s1. The molecule has 0 radical (unpaired) electrons. The molecule has 0 spiro atoms. The monoisotopic (exact) mass is 417 g/mol. The van der Waals surface area contributed by atoms with Crippen molar-refractivity contribution in [3.8, 4) is 0 Å². The van der Waals surface area contributed by atoms with Gasteiger partial charge in [-0.15, -0.1) is 0 Å². The number of hydrogen-bond donors (Lipinski definition) is 1. The highest BCUT2D eigenvalue weighted by Crippen LogP contribution is 2.33. The van der Waals surface area contributed by atoms with Crippen LogP contribution in [0.2, 0.25) is 0 Å². The Kier molecular flexibility index (Phi) is 7.39. The lowest BCUT2D eigenvalue weighted by Crippen LogP contribution is -2.50. The molecule has 1 aromatic carbocycles. The fourth-order valence-electron chi connectivity index (χ4n) is 3.22. The number of nitrogens with one attached hydrogen (secondary N) is 1. The summed E-state index contributed by atoms with van der Waals surface area (Å²) < 4.78 is 28.9. The van der Waals surface area contributed by atoms with Crippen LogP contribution in [0, 0.1) is 0 Å². The van der Waals surface area contributed by atoms with E-state index in [9.17, 15) is 4.79 Å². The predicted octanol–water partition coefficient (Wildman–Crippen LogP) is 4.22.